The van der Waals surface area contributed by atoms with Gasteiger partial charge in [0.1, 0.15) is 0 Å². The van der Waals surface area contributed by atoms with Crippen LogP contribution in [0.25, 0.3) is 0 Å². The highest BCUT2D eigenvalue weighted by atomic mass is 16.7. The summed E-state index contributed by atoms with van der Waals surface area (Å²) in [5, 5.41) is 5.39. The van der Waals surface area contributed by atoms with Crippen molar-refractivity contribution in [2.75, 3.05) is 20.1 Å². The molecule has 16 heavy (non-hydrogen) atoms. The van der Waals surface area contributed by atoms with Gasteiger partial charge in [-0.05, 0) is 24.9 Å². The summed E-state index contributed by atoms with van der Waals surface area (Å²) in [4.78, 5) is 5.76. The van der Waals surface area contributed by atoms with Gasteiger partial charge in [0, 0.05) is 19.6 Å². The molecule has 1 aliphatic heterocycles. The monoisotopic (exact) mass is 220 g/mol. The molecule has 3 nitrogen and oxygen atoms in total. The van der Waals surface area contributed by atoms with Gasteiger partial charge in [0.25, 0.3) is 0 Å². The Balaban J connectivity index is 1.76. The molecule has 0 saturated carbocycles. The van der Waals surface area contributed by atoms with Gasteiger partial charge < -0.3 is 5.32 Å². The molecule has 1 aliphatic rings. The van der Waals surface area contributed by atoms with Crippen LogP contribution in [0.15, 0.2) is 30.3 Å². The third kappa shape index (κ3) is 3.30. The molecule has 3 heteroatoms. The van der Waals surface area contributed by atoms with Gasteiger partial charge in [-0.25, -0.2) is 0 Å². The number of piperidine rings is 1. The standard InChI is InChI=1S/C13H20N2O/c1-15(13-8-5-9-14-10-13)16-11-12-6-3-2-4-7-12/h2-4,6-7,13-14H,5,8-11H2,1H3. The van der Waals surface area contributed by atoms with Crippen LogP contribution in [0.2, 0.25) is 0 Å². The number of likely N-dealkylation sites (N-methyl/N-ethyl adjacent to an activating group) is 1. The maximum Gasteiger partial charge on any atom is 0.0935 e. The van der Waals surface area contributed by atoms with E-state index in [2.05, 4.69) is 17.4 Å². The van der Waals surface area contributed by atoms with E-state index in [0.717, 1.165) is 13.1 Å². The van der Waals surface area contributed by atoms with E-state index >= 15 is 0 Å². The van der Waals surface area contributed by atoms with E-state index in [1.54, 1.807) is 0 Å². The lowest BCUT2D eigenvalue weighted by Crippen LogP contribution is -2.43. The fourth-order valence-corrected chi connectivity index (χ4v) is 2.00. The molecule has 2 rings (SSSR count). The van der Waals surface area contributed by atoms with E-state index in [-0.39, 0.29) is 0 Å². The highest BCUT2D eigenvalue weighted by molar-refractivity contribution is 5.13. The summed E-state index contributed by atoms with van der Waals surface area (Å²) in [6.45, 7) is 2.84. The molecular weight excluding hydrogens is 200 g/mol. The molecule has 88 valence electrons. The van der Waals surface area contributed by atoms with Crippen LogP contribution in [0.3, 0.4) is 0 Å². The number of hydrogen-bond acceptors (Lipinski definition) is 3. The molecule has 1 N–H and O–H groups in total. The van der Waals surface area contributed by atoms with Gasteiger partial charge in [-0.3, -0.25) is 4.84 Å². The molecule has 0 amide bonds. The Morgan fingerprint density at radius 3 is 2.88 bits per heavy atom. The van der Waals surface area contributed by atoms with Gasteiger partial charge in [0.2, 0.25) is 0 Å². The number of benzene rings is 1. The zero-order chi connectivity index (χ0) is 11.2. The number of hydroxylamine groups is 2. The summed E-state index contributed by atoms with van der Waals surface area (Å²) in [5.74, 6) is 0. The Morgan fingerprint density at radius 1 is 1.38 bits per heavy atom. The van der Waals surface area contributed by atoms with E-state index in [1.807, 2.05) is 30.3 Å². The minimum Gasteiger partial charge on any atom is -0.315 e. The van der Waals surface area contributed by atoms with E-state index in [0.29, 0.717) is 12.6 Å². The second-order valence-electron chi connectivity index (χ2n) is 4.31. The zero-order valence-corrected chi connectivity index (χ0v) is 9.86. The Labute approximate surface area is 97.4 Å². The lowest BCUT2D eigenvalue weighted by Gasteiger charge is -2.30. The molecule has 0 bridgehead atoms. The summed E-state index contributed by atoms with van der Waals surface area (Å²) in [6.07, 6.45) is 2.46. The van der Waals surface area contributed by atoms with E-state index in [9.17, 15) is 0 Å². The molecule has 1 aromatic carbocycles. The van der Waals surface area contributed by atoms with Gasteiger partial charge in [-0.15, -0.1) is 0 Å². The van der Waals surface area contributed by atoms with Crippen molar-refractivity contribution in [3.63, 3.8) is 0 Å². The summed E-state index contributed by atoms with van der Waals surface area (Å²) in [7, 11) is 2.03. The highest BCUT2D eigenvalue weighted by Gasteiger charge is 2.17. The molecule has 1 saturated heterocycles. The van der Waals surface area contributed by atoms with Crippen LogP contribution in [0, 0.1) is 0 Å². The third-order valence-electron chi connectivity index (χ3n) is 3.06. The third-order valence-corrected chi connectivity index (χ3v) is 3.06. The van der Waals surface area contributed by atoms with E-state index in [4.69, 9.17) is 4.84 Å². The molecule has 1 aromatic rings. The molecule has 0 radical (unpaired) electrons. The maximum atomic E-state index is 5.76. The fourth-order valence-electron chi connectivity index (χ4n) is 2.00. The molecule has 1 heterocycles. The Hall–Kier alpha value is -0.900. The van der Waals surface area contributed by atoms with Crippen molar-refractivity contribution in [2.24, 2.45) is 0 Å². The SMILES string of the molecule is CN(OCc1ccccc1)C1CCCNC1. The van der Waals surface area contributed by atoms with Crippen molar-refractivity contribution < 1.29 is 4.84 Å². The predicted molar refractivity (Wildman–Crippen MR) is 64.9 cm³/mol. The number of nitrogens with zero attached hydrogens (tertiary/aromatic N) is 1. The zero-order valence-electron chi connectivity index (χ0n) is 9.86. The van der Waals surface area contributed by atoms with Crippen molar-refractivity contribution in [2.45, 2.75) is 25.5 Å². The predicted octanol–water partition coefficient (Wildman–Crippen LogP) is 1.80. The minimum absolute atomic E-state index is 0.512. The van der Waals surface area contributed by atoms with Crippen LogP contribution in [0.5, 0.6) is 0 Å². The first-order valence-electron chi connectivity index (χ1n) is 5.96. The Morgan fingerprint density at radius 2 is 2.19 bits per heavy atom. The van der Waals surface area contributed by atoms with Crippen LogP contribution in [0.4, 0.5) is 0 Å². The smallest absolute Gasteiger partial charge is 0.0935 e. The van der Waals surface area contributed by atoms with Gasteiger partial charge in [0.05, 0.1) is 6.61 Å². The molecule has 0 aromatic heterocycles. The van der Waals surface area contributed by atoms with Crippen LogP contribution >= 0.6 is 0 Å². The van der Waals surface area contributed by atoms with Crippen molar-refractivity contribution in [3.8, 4) is 0 Å². The first-order valence-corrected chi connectivity index (χ1v) is 5.96. The second kappa shape index (κ2) is 5.99. The number of hydrogen-bond donors (Lipinski definition) is 1. The molecule has 1 atom stereocenters. The Bertz CT molecular complexity index is 296. The molecule has 1 unspecified atom stereocenters. The normalized spacial score (nSPS) is 21.2. The van der Waals surface area contributed by atoms with Crippen molar-refractivity contribution in [1.29, 1.82) is 0 Å². The summed E-state index contributed by atoms with van der Waals surface area (Å²) < 4.78 is 0. The van der Waals surface area contributed by atoms with Crippen molar-refractivity contribution >= 4 is 0 Å². The van der Waals surface area contributed by atoms with Gasteiger partial charge in [-0.1, -0.05) is 30.3 Å². The van der Waals surface area contributed by atoms with Crippen LogP contribution in [0.1, 0.15) is 18.4 Å². The summed E-state index contributed by atoms with van der Waals surface area (Å²) in [5.41, 5.74) is 1.22. The van der Waals surface area contributed by atoms with Crippen molar-refractivity contribution in [1.82, 2.24) is 10.4 Å². The first kappa shape index (κ1) is 11.6. The number of nitrogens with one attached hydrogen (secondary N) is 1. The van der Waals surface area contributed by atoms with Crippen LogP contribution in [-0.4, -0.2) is 31.2 Å². The highest BCUT2D eigenvalue weighted by Crippen LogP contribution is 2.10. The maximum absolute atomic E-state index is 5.76. The Kier molecular flexibility index (Phi) is 4.34. The summed E-state index contributed by atoms with van der Waals surface area (Å²) >= 11 is 0. The average molecular weight is 220 g/mol. The molecular formula is C13H20N2O. The minimum atomic E-state index is 0.512. The van der Waals surface area contributed by atoms with Gasteiger partial charge >= 0.3 is 0 Å². The van der Waals surface area contributed by atoms with Gasteiger partial charge in [0.15, 0.2) is 0 Å². The first-order chi connectivity index (χ1) is 7.86. The molecule has 1 fully saturated rings. The van der Waals surface area contributed by atoms with E-state index < -0.39 is 0 Å². The molecule has 0 aliphatic carbocycles. The largest absolute Gasteiger partial charge is 0.315 e. The lowest BCUT2D eigenvalue weighted by molar-refractivity contribution is -0.180. The van der Waals surface area contributed by atoms with Crippen LogP contribution < -0.4 is 5.32 Å². The fraction of sp³-hybridized carbons (Fsp3) is 0.538. The van der Waals surface area contributed by atoms with Crippen LogP contribution in [-0.2, 0) is 11.4 Å². The topological polar surface area (TPSA) is 24.5 Å². The average Bonchev–Trinajstić information content (AvgIpc) is 2.38. The summed E-state index contributed by atoms with van der Waals surface area (Å²) in [6, 6.07) is 10.8. The number of rotatable bonds is 4. The van der Waals surface area contributed by atoms with E-state index in [1.165, 1.54) is 18.4 Å². The second-order valence-corrected chi connectivity index (χ2v) is 4.31. The quantitative estimate of drug-likeness (QED) is 0.783. The molecule has 0 spiro atoms. The van der Waals surface area contributed by atoms with Crippen molar-refractivity contribution in [3.05, 3.63) is 35.9 Å². The lowest BCUT2D eigenvalue weighted by atomic mass is 10.1. The van der Waals surface area contributed by atoms with Gasteiger partial charge in [-0.2, -0.15) is 5.06 Å².